The van der Waals surface area contributed by atoms with Crippen LogP contribution >= 0.6 is 0 Å². The zero-order valence-corrected chi connectivity index (χ0v) is 13.8. The van der Waals surface area contributed by atoms with Crippen LogP contribution in [0.2, 0.25) is 0 Å². The summed E-state index contributed by atoms with van der Waals surface area (Å²) in [5.74, 6) is -0.535. The minimum absolute atomic E-state index is 0.0463. The van der Waals surface area contributed by atoms with E-state index in [-0.39, 0.29) is 24.6 Å². The van der Waals surface area contributed by atoms with Crippen LogP contribution in [0.15, 0.2) is 43.0 Å². The molecule has 0 radical (unpaired) electrons. The van der Waals surface area contributed by atoms with Crippen LogP contribution in [0.3, 0.4) is 0 Å². The minimum atomic E-state index is -0.520. The summed E-state index contributed by atoms with van der Waals surface area (Å²) in [7, 11) is 0. The van der Waals surface area contributed by atoms with Crippen molar-refractivity contribution >= 4 is 22.6 Å². The lowest BCUT2D eigenvalue weighted by Crippen LogP contribution is -2.50. The van der Waals surface area contributed by atoms with Gasteiger partial charge in [-0.3, -0.25) is 9.78 Å². The number of rotatable bonds is 3. The van der Waals surface area contributed by atoms with E-state index in [1.165, 1.54) is 11.2 Å². The second kappa shape index (κ2) is 6.62. The Hall–Kier alpha value is -3.16. The summed E-state index contributed by atoms with van der Waals surface area (Å²) in [6.07, 6.45) is 4.74. The van der Waals surface area contributed by atoms with Crippen molar-refractivity contribution in [2.24, 2.45) is 0 Å². The predicted octanol–water partition coefficient (Wildman–Crippen LogP) is 2.15. The van der Waals surface area contributed by atoms with Crippen LogP contribution in [0.5, 0.6) is 0 Å². The van der Waals surface area contributed by atoms with Crippen molar-refractivity contribution in [2.45, 2.75) is 6.54 Å². The molecule has 132 valence electrons. The summed E-state index contributed by atoms with van der Waals surface area (Å²) >= 11 is 0. The highest BCUT2D eigenvalue weighted by Crippen LogP contribution is 2.24. The number of anilines is 1. The van der Waals surface area contributed by atoms with E-state index >= 15 is 0 Å². The second-order valence-corrected chi connectivity index (χ2v) is 6.06. The lowest BCUT2D eigenvalue weighted by atomic mass is 10.1. The van der Waals surface area contributed by atoms with Gasteiger partial charge in [0.25, 0.3) is 0 Å². The summed E-state index contributed by atoms with van der Waals surface area (Å²) in [5.41, 5.74) is 0.875. The summed E-state index contributed by atoms with van der Waals surface area (Å²) in [4.78, 5) is 28.4. The molecule has 1 aliphatic rings. The van der Waals surface area contributed by atoms with Crippen molar-refractivity contribution in [3.63, 3.8) is 0 Å². The molecule has 1 fully saturated rings. The molecule has 8 heteroatoms. The molecule has 0 bridgehead atoms. The Balaban J connectivity index is 1.53. The molecule has 4 rings (SSSR count). The van der Waals surface area contributed by atoms with Gasteiger partial charge in [0.15, 0.2) is 0 Å². The first-order valence-electron chi connectivity index (χ1n) is 8.13. The Labute approximate surface area is 148 Å². The number of benzene rings is 1. The molecule has 1 amide bonds. The molecule has 0 saturated carbocycles. The molecular formula is C18H15F2N5O. The first-order chi connectivity index (χ1) is 12.6. The maximum atomic E-state index is 13.8. The van der Waals surface area contributed by atoms with Crippen LogP contribution in [-0.4, -0.2) is 45.4 Å². The van der Waals surface area contributed by atoms with E-state index in [9.17, 15) is 13.6 Å². The molecular weight excluding hydrogens is 340 g/mol. The van der Waals surface area contributed by atoms with Crippen molar-refractivity contribution in [2.75, 3.05) is 24.5 Å². The van der Waals surface area contributed by atoms with Crippen molar-refractivity contribution in [3.8, 4) is 0 Å². The minimum Gasteiger partial charge on any atom is -0.345 e. The summed E-state index contributed by atoms with van der Waals surface area (Å²) < 4.78 is 27.2. The fraction of sp³-hybridized carbons (Fsp3) is 0.222. The fourth-order valence-corrected chi connectivity index (χ4v) is 3.07. The monoisotopic (exact) mass is 355 g/mol. The van der Waals surface area contributed by atoms with Crippen LogP contribution in [0.25, 0.3) is 10.9 Å². The van der Waals surface area contributed by atoms with Crippen molar-refractivity contribution in [1.82, 2.24) is 19.9 Å². The lowest BCUT2D eigenvalue weighted by Gasteiger charge is -2.35. The maximum absolute atomic E-state index is 13.8. The van der Waals surface area contributed by atoms with E-state index in [1.807, 2.05) is 11.0 Å². The van der Waals surface area contributed by atoms with Gasteiger partial charge in [-0.25, -0.2) is 18.7 Å². The Morgan fingerprint density at radius 1 is 1.12 bits per heavy atom. The third kappa shape index (κ3) is 3.05. The first kappa shape index (κ1) is 16.3. The highest BCUT2D eigenvalue weighted by molar-refractivity contribution is 5.91. The number of hydrogen-bond donors (Lipinski definition) is 0. The summed E-state index contributed by atoms with van der Waals surface area (Å²) in [6, 6.07) is 5.07. The van der Waals surface area contributed by atoms with E-state index < -0.39 is 11.6 Å². The number of amides is 1. The number of carbonyl (C=O) groups is 1. The number of fused-ring (bicyclic) bond motifs is 1. The van der Waals surface area contributed by atoms with Crippen LogP contribution in [-0.2, 0) is 11.3 Å². The Bertz CT molecular complexity index is 975. The van der Waals surface area contributed by atoms with Gasteiger partial charge < -0.3 is 9.80 Å². The molecule has 2 aromatic heterocycles. The van der Waals surface area contributed by atoms with Gasteiger partial charge in [-0.05, 0) is 24.3 Å². The highest BCUT2D eigenvalue weighted by atomic mass is 19.1. The van der Waals surface area contributed by atoms with E-state index in [2.05, 4.69) is 15.0 Å². The number of piperazine rings is 1. The number of aromatic nitrogens is 3. The topological polar surface area (TPSA) is 62.2 Å². The normalized spacial score (nSPS) is 14.9. The van der Waals surface area contributed by atoms with Crippen molar-refractivity contribution in [3.05, 3.63) is 60.2 Å². The van der Waals surface area contributed by atoms with Gasteiger partial charge in [-0.2, -0.15) is 0 Å². The van der Waals surface area contributed by atoms with E-state index in [0.29, 0.717) is 24.4 Å². The van der Waals surface area contributed by atoms with Gasteiger partial charge >= 0.3 is 0 Å². The van der Waals surface area contributed by atoms with E-state index in [4.69, 9.17) is 0 Å². The van der Waals surface area contributed by atoms with Gasteiger partial charge in [-0.1, -0.05) is 0 Å². The van der Waals surface area contributed by atoms with E-state index in [0.717, 1.165) is 23.6 Å². The molecule has 0 aliphatic carbocycles. The SMILES string of the molecule is O=C1CN(c2ncnc3cnccc23)CCN1Cc1cc(F)ccc1F. The molecule has 0 atom stereocenters. The van der Waals surface area contributed by atoms with Gasteiger partial charge in [0.05, 0.1) is 18.3 Å². The smallest absolute Gasteiger partial charge is 0.242 e. The van der Waals surface area contributed by atoms with Crippen molar-refractivity contribution in [1.29, 1.82) is 0 Å². The number of nitrogens with zero attached hydrogens (tertiary/aromatic N) is 5. The molecule has 1 aromatic carbocycles. The van der Waals surface area contributed by atoms with Crippen LogP contribution in [0, 0.1) is 11.6 Å². The zero-order chi connectivity index (χ0) is 18.1. The standard InChI is InChI=1S/C18H15F2N5O/c19-13-1-2-15(20)12(7-13)9-24-5-6-25(10-17(24)26)18-14-3-4-21-8-16(14)22-11-23-18/h1-4,7-8,11H,5-6,9-10H2. The number of hydrogen-bond acceptors (Lipinski definition) is 5. The number of pyridine rings is 1. The van der Waals surface area contributed by atoms with Crippen molar-refractivity contribution < 1.29 is 13.6 Å². The molecule has 0 spiro atoms. The molecule has 0 N–H and O–H groups in total. The summed E-state index contributed by atoms with van der Waals surface area (Å²) in [6.45, 7) is 1.10. The first-order valence-corrected chi connectivity index (χ1v) is 8.13. The fourth-order valence-electron chi connectivity index (χ4n) is 3.07. The van der Waals surface area contributed by atoms with Crippen LogP contribution in [0.4, 0.5) is 14.6 Å². The second-order valence-electron chi connectivity index (χ2n) is 6.06. The van der Waals surface area contributed by atoms with E-state index in [1.54, 1.807) is 12.4 Å². The number of carbonyl (C=O) groups excluding carboxylic acids is 1. The third-order valence-electron chi connectivity index (χ3n) is 4.40. The average molecular weight is 355 g/mol. The molecule has 1 aliphatic heterocycles. The largest absolute Gasteiger partial charge is 0.345 e. The lowest BCUT2D eigenvalue weighted by molar-refractivity contribution is -0.131. The molecule has 6 nitrogen and oxygen atoms in total. The van der Waals surface area contributed by atoms with Crippen LogP contribution < -0.4 is 4.90 Å². The Morgan fingerprint density at radius 3 is 2.85 bits per heavy atom. The van der Waals surface area contributed by atoms with Gasteiger partial charge in [0, 0.05) is 36.8 Å². The third-order valence-corrected chi connectivity index (χ3v) is 4.40. The van der Waals surface area contributed by atoms with Gasteiger partial charge in [0.1, 0.15) is 23.8 Å². The van der Waals surface area contributed by atoms with Gasteiger partial charge in [-0.15, -0.1) is 0 Å². The summed E-state index contributed by atoms with van der Waals surface area (Å²) in [5, 5.41) is 0.819. The number of halogens is 2. The Kier molecular flexibility index (Phi) is 4.16. The molecule has 26 heavy (non-hydrogen) atoms. The Morgan fingerprint density at radius 2 is 2.00 bits per heavy atom. The highest BCUT2D eigenvalue weighted by Gasteiger charge is 2.26. The predicted molar refractivity (Wildman–Crippen MR) is 91.3 cm³/mol. The molecule has 3 heterocycles. The maximum Gasteiger partial charge on any atom is 0.242 e. The molecule has 0 unspecified atom stereocenters. The quantitative estimate of drug-likeness (QED) is 0.720. The van der Waals surface area contributed by atoms with Gasteiger partial charge in [0.2, 0.25) is 5.91 Å². The average Bonchev–Trinajstić information content (AvgIpc) is 2.66. The molecule has 1 saturated heterocycles. The molecule has 3 aromatic rings. The zero-order valence-electron chi connectivity index (χ0n) is 13.8. The van der Waals surface area contributed by atoms with Crippen LogP contribution in [0.1, 0.15) is 5.56 Å².